The molecule has 0 radical (unpaired) electrons. The first-order valence-electron chi connectivity index (χ1n) is 10.4. The van der Waals surface area contributed by atoms with Crippen LogP contribution >= 0.6 is 0 Å². The monoisotopic (exact) mass is 331 g/mol. The van der Waals surface area contributed by atoms with Crippen molar-refractivity contribution in [3.05, 3.63) is 46.1 Å². The molecule has 0 spiro atoms. The van der Waals surface area contributed by atoms with Crippen molar-refractivity contribution in [2.24, 2.45) is 5.92 Å². The third kappa shape index (κ3) is 3.38. The number of phenolic OH excluding ortho intramolecular Hbond substituents is 2. The Hall–Kier alpha value is -1.70. The summed E-state index contributed by atoms with van der Waals surface area (Å²) in [5, 5.41) is 21.9. The fraction of sp³-hybridized carbons (Fsp3) is 0.545. The minimum Gasteiger partial charge on any atom is -0.507 e. The molecule has 0 amide bonds. The molecule has 0 bridgehead atoms. The van der Waals surface area contributed by atoms with Crippen LogP contribution in [0.15, 0.2) is 23.8 Å². The number of phenols is 2. The number of benzene rings is 1. The molecule has 1 aromatic rings. The van der Waals surface area contributed by atoms with Gasteiger partial charge in [-0.1, -0.05) is 37.1 Å². The zero-order valence-corrected chi connectivity index (χ0v) is 15.4. The third-order valence-corrected chi connectivity index (χ3v) is 5.41. The second-order valence-corrected chi connectivity index (χ2v) is 7.15. The van der Waals surface area contributed by atoms with Crippen LogP contribution in [-0.2, 0) is 6.42 Å². The highest BCUT2D eigenvalue weighted by Gasteiger charge is 2.32. The van der Waals surface area contributed by atoms with E-state index in [1.807, 2.05) is 20.8 Å². The number of rotatable bonds is 5. The molecule has 0 aromatic heterocycles. The summed E-state index contributed by atoms with van der Waals surface area (Å²) in [5.74, 6) is -0.218. The molecule has 132 valence electrons. The second kappa shape index (κ2) is 7.46. The maximum Gasteiger partial charge on any atom is 0.126 e. The van der Waals surface area contributed by atoms with E-state index in [4.69, 9.17) is 4.11 Å². The first kappa shape index (κ1) is 14.6. The van der Waals surface area contributed by atoms with Gasteiger partial charge in [0, 0.05) is 15.6 Å². The van der Waals surface area contributed by atoms with Crippen LogP contribution in [0.3, 0.4) is 0 Å². The molecule has 0 saturated carbocycles. The van der Waals surface area contributed by atoms with Crippen molar-refractivity contribution in [1.82, 2.24) is 0 Å². The predicted molar refractivity (Wildman–Crippen MR) is 102 cm³/mol. The van der Waals surface area contributed by atoms with Crippen LogP contribution in [0.25, 0.3) is 0 Å². The molecule has 2 N–H and O–H groups in total. The lowest BCUT2D eigenvalue weighted by Crippen LogP contribution is -2.18. The SMILES string of the molecule is [2H]C([2H])([2H])C1=C[C@H](c2c(O)c(C)c(CCCC)c(C)c2O)[C@@H](C(=C)C)CC1. The average Bonchev–Trinajstić information content (AvgIpc) is 2.59. The molecule has 2 rings (SSSR count). The normalized spacial score (nSPS) is 23.2. The third-order valence-electron chi connectivity index (χ3n) is 5.41. The number of hydrogen-bond acceptors (Lipinski definition) is 2. The van der Waals surface area contributed by atoms with Crippen LogP contribution in [-0.4, -0.2) is 10.2 Å². The van der Waals surface area contributed by atoms with Crippen LogP contribution in [0.1, 0.15) is 78.7 Å². The molecule has 0 fully saturated rings. The Morgan fingerprint density at radius 1 is 1.29 bits per heavy atom. The number of hydrogen-bond donors (Lipinski definition) is 2. The van der Waals surface area contributed by atoms with Crippen molar-refractivity contribution >= 4 is 0 Å². The fourth-order valence-corrected chi connectivity index (χ4v) is 3.87. The zero-order chi connectivity index (χ0) is 20.5. The second-order valence-electron chi connectivity index (χ2n) is 7.15. The van der Waals surface area contributed by atoms with Crippen molar-refractivity contribution in [3.8, 4) is 11.5 Å². The molecule has 2 heteroatoms. The summed E-state index contributed by atoms with van der Waals surface area (Å²) in [6.45, 7) is 9.71. The van der Waals surface area contributed by atoms with Crippen LogP contribution in [0.5, 0.6) is 11.5 Å². The lowest BCUT2D eigenvalue weighted by atomic mass is 9.72. The maximum atomic E-state index is 11.0. The standard InChI is InChI=1S/C22H32O2/c1-7-8-9-18-15(5)21(23)20(22(24)16(18)6)19-12-14(4)10-11-17(19)13(2)3/h12,17,19,23-24H,2,7-11H2,1,3-6H3/t17-,19+/m1/s1/i4D3. The van der Waals surface area contributed by atoms with Gasteiger partial charge in [0.25, 0.3) is 0 Å². The van der Waals surface area contributed by atoms with Gasteiger partial charge < -0.3 is 10.2 Å². The maximum absolute atomic E-state index is 11.0. The Bertz CT molecular complexity index is 731. The molecule has 0 unspecified atom stereocenters. The Labute approximate surface area is 151 Å². The van der Waals surface area contributed by atoms with Gasteiger partial charge in [0.15, 0.2) is 0 Å². The highest BCUT2D eigenvalue weighted by Crippen LogP contribution is 2.49. The summed E-state index contributed by atoms with van der Waals surface area (Å²) in [4.78, 5) is 0. The summed E-state index contributed by atoms with van der Waals surface area (Å²) in [7, 11) is 0. The molecular formula is C22H32O2. The molecule has 1 aliphatic rings. The van der Waals surface area contributed by atoms with Gasteiger partial charge in [0.05, 0.1) is 0 Å². The van der Waals surface area contributed by atoms with Gasteiger partial charge in [-0.3, -0.25) is 0 Å². The van der Waals surface area contributed by atoms with Gasteiger partial charge in [-0.15, -0.1) is 0 Å². The van der Waals surface area contributed by atoms with Crippen molar-refractivity contribution in [3.63, 3.8) is 0 Å². The van der Waals surface area contributed by atoms with E-state index in [1.165, 1.54) is 0 Å². The smallest absolute Gasteiger partial charge is 0.126 e. The van der Waals surface area contributed by atoms with E-state index in [2.05, 4.69) is 13.5 Å². The minimum atomic E-state index is -2.16. The Kier molecular flexibility index (Phi) is 4.55. The molecule has 2 atom stereocenters. The largest absolute Gasteiger partial charge is 0.507 e. The van der Waals surface area contributed by atoms with E-state index in [0.29, 0.717) is 24.0 Å². The Balaban J connectivity index is 2.67. The molecule has 24 heavy (non-hydrogen) atoms. The van der Waals surface area contributed by atoms with Gasteiger partial charge in [-0.2, -0.15) is 0 Å². The number of aromatic hydroxyl groups is 2. The van der Waals surface area contributed by atoms with Crippen molar-refractivity contribution in [1.29, 1.82) is 0 Å². The van der Waals surface area contributed by atoms with Gasteiger partial charge >= 0.3 is 0 Å². The fourth-order valence-electron chi connectivity index (χ4n) is 3.87. The van der Waals surface area contributed by atoms with Crippen LogP contribution in [0.4, 0.5) is 0 Å². The first-order valence-corrected chi connectivity index (χ1v) is 8.91. The Morgan fingerprint density at radius 2 is 1.92 bits per heavy atom. The number of unbranched alkanes of at least 4 members (excludes halogenated alkanes) is 1. The first-order chi connectivity index (χ1) is 12.5. The average molecular weight is 332 g/mol. The van der Waals surface area contributed by atoms with E-state index >= 15 is 0 Å². The molecule has 1 aromatic carbocycles. The van der Waals surface area contributed by atoms with Gasteiger partial charge in [-0.05, 0) is 75.9 Å². The molecule has 0 aliphatic heterocycles. The zero-order valence-electron chi connectivity index (χ0n) is 18.4. The molecule has 1 aliphatic carbocycles. The van der Waals surface area contributed by atoms with Crippen molar-refractivity contribution < 1.29 is 14.3 Å². The molecule has 0 heterocycles. The molecular weight excluding hydrogens is 296 g/mol. The lowest BCUT2D eigenvalue weighted by molar-refractivity contribution is 0.401. The summed E-state index contributed by atoms with van der Waals surface area (Å²) < 4.78 is 23.3. The topological polar surface area (TPSA) is 40.5 Å². The summed E-state index contributed by atoms with van der Waals surface area (Å²) in [5.41, 5.74) is 4.32. The van der Waals surface area contributed by atoms with Crippen molar-refractivity contribution in [2.75, 3.05) is 0 Å². The Morgan fingerprint density at radius 3 is 2.42 bits per heavy atom. The van der Waals surface area contributed by atoms with Gasteiger partial charge in [0.1, 0.15) is 11.5 Å². The van der Waals surface area contributed by atoms with E-state index in [9.17, 15) is 10.2 Å². The predicted octanol–water partition coefficient (Wildman–Crippen LogP) is 6.07. The van der Waals surface area contributed by atoms with Crippen LogP contribution in [0, 0.1) is 19.8 Å². The van der Waals surface area contributed by atoms with Crippen LogP contribution < -0.4 is 0 Å². The van der Waals surface area contributed by atoms with Crippen molar-refractivity contribution in [2.45, 2.75) is 72.6 Å². The van der Waals surface area contributed by atoms with E-state index in [-0.39, 0.29) is 23.3 Å². The number of allylic oxidation sites excluding steroid dienone is 3. The van der Waals surface area contributed by atoms with Crippen LogP contribution in [0.2, 0.25) is 0 Å². The molecule has 2 nitrogen and oxygen atoms in total. The summed E-state index contributed by atoms with van der Waals surface area (Å²) in [6, 6.07) is 0. The van der Waals surface area contributed by atoms with E-state index in [0.717, 1.165) is 41.5 Å². The minimum absolute atomic E-state index is 0.00630. The lowest BCUT2D eigenvalue weighted by Gasteiger charge is -2.32. The van der Waals surface area contributed by atoms with Gasteiger partial charge in [0.2, 0.25) is 0 Å². The molecule has 0 saturated heterocycles. The van der Waals surface area contributed by atoms with E-state index in [1.54, 1.807) is 6.08 Å². The highest BCUT2D eigenvalue weighted by atomic mass is 16.3. The summed E-state index contributed by atoms with van der Waals surface area (Å²) >= 11 is 0. The van der Waals surface area contributed by atoms with Gasteiger partial charge in [-0.25, -0.2) is 0 Å². The van der Waals surface area contributed by atoms with E-state index < -0.39 is 6.85 Å². The highest BCUT2D eigenvalue weighted by molar-refractivity contribution is 5.60. The summed E-state index contributed by atoms with van der Waals surface area (Å²) in [6.07, 6.45) is 5.70. The quantitative estimate of drug-likeness (QED) is 0.642.